The molecule has 0 aliphatic heterocycles. The molecule has 1 aromatic carbocycles. The van der Waals surface area contributed by atoms with Gasteiger partial charge in [-0.05, 0) is 5.56 Å². The second-order valence-corrected chi connectivity index (χ2v) is 2.95. The van der Waals surface area contributed by atoms with Crippen molar-refractivity contribution in [1.82, 2.24) is 5.32 Å². The van der Waals surface area contributed by atoms with Gasteiger partial charge in [0.2, 0.25) is 6.41 Å². The van der Waals surface area contributed by atoms with E-state index in [-0.39, 0.29) is 5.84 Å². The molecule has 84 valence electrons. The molecule has 1 rings (SSSR count). The number of nitrogens with zero attached hydrogens (tertiary/aromatic N) is 2. The van der Waals surface area contributed by atoms with Crippen LogP contribution in [0.4, 0.5) is 0 Å². The van der Waals surface area contributed by atoms with Crippen molar-refractivity contribution in [3.63, 3.8) is 0 Å². The number of amidine groups is 1. The normalized spacial score (nSPS) is 11.6. The van der Waals surface area contributed by atoms with Crippen LogP contribution >= 0.6 is 0 Å². The zero-order valence-electron chi connectivity index (χ0n) is 8.63. The van der Waals surface area contributed by atoms with Gasteiger partial charge in [0.25, 0.3) is 0 Å². The molecule has 6 nitrogen and oxygen atoms in total. The first-order valence-corrected chi connectivity index (χ1v) is 4.61. The molecule has 0 unspecified atom stereocenters. The Bertz CT molecular complexity index is 396. The first-order valence-electron chi connectivity index (χ1n) is 4.61. The summed E-state index contributed by atoms with van der Waals surface area (Å²) < 4.78 is 0. The molecule has 0 aliphatic carbocycles. The van der Waals surface area contributed by atoms with E-state index >= 15 is 0 Å². The minimum Gasteiger partial charge on any atom is -0.388 e. The fraction of sp³-hybridized carbons (Fsp3) is 0.100. The lowest BCUT2D eigenvalue weighted by atomic mass is 10.1. The second kappa shape index (κ2) is 6.18. The Morgan fingerprint density at radius 1 is 1.38 bits per heavy atom. The Kier molecular flexibility index (Phi) is 4.52. The van der Waals surface area contributed by atoms with Crippen molar-refractivity contribution in [1.29, 1.82) is 0 Å². The van der Waals surface area contributed by atoms with E-state index in [1.54, 1.807) is 12.1 Å². The number of carbonyl (C=O) groups is 1. The van der Waals surface area contributed by atoms with Crippen molar-refractivity contribution in [3.8, 4) is 0 Å². The van der Waals surface area contributed by atoms with Crippen LogP contribution in [0.2, 0.25) is 0 Å². The monoisotopic (exact) mass is 219 g/mol. The molecule has 1 amide bonds. The number of hydrogen-bond donors (Lipinski definition) is 3. The maximum absolute atomic E-state index is 10.1. The molecule has 5 N–H and O–H groups in total. The first kappa shape index (κ1) is 11.7. The molecule has 0 saturated heterocycles. The molecule has 0 aliphatic rings. The maximum atomic E-state index is 10.1. The zero-order chi connectivity index (χ0) is 11.8. The number of hydrogen-bond acceptors (Lipinski definition) is 3. The Morgan fingerprint density at radius 2 is 2.06 bits per heavy atom. The summed E-state index contributed by atoms with van der Waals surface area (Å²) in [6, 6.07) is 7.29. The Labute approximate surface area is 93.0 Å². The van der Waals surface area contributed by atoms with E-state index in [1.807, 2.05) is 12.1 Å². The van der Waals surface area contributed by atoms with Crippen molar-refractivity contribution >= 4 is 18.6 Å². The average molecular weight is 219 g/mol. The van der Waals surface area contributed by atoms with Crippen LogP contribution < -0.4 is 16.8 Å². The van der Waals surface area contributed by atoms with Gasteiger partial charge in [-0.2, -0.15) is 0 Å². The van der Waals surface area contributed by atoms with E-state index in [4.69, 9.17) is 11.5 Å². The quantitative estimate of drug-likeness (QED) is 0.270. The number of amides is 1. The van der Waals surface area contributed by atoms with Crippen LogP contribution in [0, 0.1) is 0 Å². The van der Waals surface area contributed by atoms with Crippen LogP contribution in [-0.2, 0) is 11.3 Å². The molecule has 0 saturated carbocycles. The van der Waals surface area contributed by atoms with Gasteiger partial charge >= 0.3 is 0 Å². The molecule has 0 radical (unpaired) electrons. The summed E-state index contributed by atoms with van der Waals surface area (Å²) in [6.07, 6.45) is 1.72. The summed E-state index contributed by atoms with van der Waals surface area (Å²) in [7, 11) is 0. The third kappa shape index (κ3) is 3.41. The van der Waals surface area contributed by atoms with E-state index < -0.39 is 0 Å². The highest BCUT2D eigenvalue weighted by molar-refractivity contribution is 5.97. The predicted molar refractivity (Wildman–Crippen MR) is 62.7 cm³/mol. The summed E-state index contributed by atoms with van der Waals surface area (Å²) in [5, 5.41) is 9.71. The number of nitrogens with two attached hydrogens (primary N) is 2. The number of rotatable bonds is 5. The highest BCUT2D eigenvalue weighted by atomic mass is 16.1. The summed E-state index contributed by atoms with van der Waals surface area (Å²) >= 11 is 0. The average Bonchev–Trinajstić information content (AvgIpc) is 2.34. The first-order chi connectivity index (χ1) is 7.77. The van der Waals surface area contributed by atoms with Gasteiger partial charge in [0, 0.05) is 12.1 Å². The van der Waals surface area contributed by atoms with E-state index in [0.717, 1.165) is 17.5 Å². The largest absolute Gasteiger partial charge is 0.388 e. The molecule has 1 aromatic rings. The molecule has 0 bridgehead atoms. The van der Waals surface area contributed by atoms with Gasteiger partial charge in [-0.3, -0.25) is 4.79 Å². The van der Waals surface area contributed by atoms with Crippen molar-refractivity contribution in [2.24, 2.45) is 21.7 Å². The Balaban J connectivity index is 2.74. The Morgan fingerprint density at radius 3 is 2.62 bits per heavy atom. The van der Waals surface area contributed by atoms with Crippen molar-refractivity contribution in [3.05, 3.63) is 35.4 Å². The minimum absolute atomic E-state index is 0.289. The number of carbonyl (C=O) groups excluding carboxylic acids is 1. The molecule has 16 heavy (non-hydrogen) atoms. The topological polar surface area (TPSA) is 106 Å². The summed E-state index contributed by atoms with van der Waals surface area (Å²) in [5.74, 6) is 0.289. The molecule has 0 spiro atoms. The fourth-order valence-electron chi connectivity index (χ4n) is 1.11. The van der Waals surface area contributed by atoms with E-state index in [9.17, 15) is 4.79 Å². The van der Waals surface area contributed by atoms with Gasteiger partial charge in [-0.1, -0.05) is 24.3 Å². The summed E-state index contributed by atoms with van der Waals surface area (Å²) in [6.45, 7) is 0.488. The van der Waals surface area contributed by atoms with Gasteiger partial charge in [0.05, 0.1) is 0 Å². The molecular weight excluding hydrogens is 206 g/mol. The molecule has 0 aromatic heterocycles. The smallest absolute Gasteiger partial charge is 0.207 e. The van der Waals surface area contributed by atoms with Gasteiger partial charge in [-0.25, -0.2) is 0 Å². The molecule has 0 fully saturated rings. The molecule has 0 atom stereocenters. The van der Waals surface area contributed by atoms with Gasteiger partial charge in [-0.15, -0.1) is 10.2 Å². The van der Waals surface area contributed by atoms with Crippen molar-refractivity contribution in [2.75, 3.05) is 0 Å². The minimum atomic E-state index is 0.289. The SMILES string of the molecule is NC=N/N=C(\N)c1ccc(CNC=O)cc1. The lowest BCUT2D eigenvalue weighted by Crippen LogP contribution is -2.14. The lowest BCUT2D eigenvalue weighted by Gasteiger charge is -2.02. The number of nitrogens with one attached hydrogen (secondary N) is 1. The summed E-state index contributed by atoms with van der Waals surface area (Å²) in [5.41, 5.74) is 12.4. The third-order valence-electron chi connectivity index (χ3n) is 1.87. The fourth-order valence-corrected chi connectivity index (χ4v) is 1.11. The van der Waals surface area contributed by atoms with E-state index in [2.05, 4.69) is 15.5 Å². The maximum Gasteiger partial charge on any atom is 0.207 e. The van der Waals surface area contributed by atoms with Crippen molar-refractivity contribution in [2.45, 2.75) is 6.54 Å². The summed E-state index contributed by atoms with van der Waals surface area (Å²) in [4.78, 5) is 10.1. The molecule has 6 heteroatoms. The highest BCUT2D eigenvalue weighted by Crippen LogP contribution is 2.04. The third-order valence-corrected chi connectivity index (χ3v) is 1.87. The van der Waals surface area contributed by atoms with Crippen LogP contribution in [-0.4, -0.2) is 18.6 Å². The van der Waals surface area contributed by atoms with Crippen LogP contribution in [0.25, 0.3) is 0 Å². The van der Waals surface area contributed by atoms with Crippen LogP contribution in [0.15, 0.2) is 34.5 Å². The molecule has 0 heterocycles. The molecular formula is C10H13N5O. The van der Waals surface area contributed by atoms with Crippen LogP contribution in [0.3, 0.4) is 0 Å². The standard InChI is InChI=1S/C10H13N5O/c11-6-14-15-10(12)9-3-1-8(2-4-9)5-13-7-16/h1-4,6-7H,5H2,(H2,11,14)(H2,12,15)(H,13,16). The van der Waals surface area contributed by atoms with Crippen molar-refractivity contribution < 1.29 is 4.79 Å². The number of benzene rings is 1. The predicted octanol–water partition coefficient (Wildman–Crippen LogP) is -0.460. The zero-order valence-corrected chi connectivity index (χ0v) is 8.63. The van der Waals surface area contributed by atoms with Gasteiger partial charge in [0.1, 0.15) is 6.34 Å². The van der Waals surface area contributed by atoms with E-state index in [1.165, 1.54) is 0 Å². The highest BCUT2D eigenvalue weighted by Gasteiger charge is 1.98. The van der Waals surface area contributed by atoms with Crippen LogP contribution in [0.1, 0.15) is 11.1 Å². The van der Waals surface area contributed by atoms with Crippen LogP contribution in [0.5, 0.6) is 0 Å². The van der Waals surface area contributed by atoms with Gasteiger partial charge in [0.15, 0.2) is 5.84 Å². The lowest BCUT2D eigenvalue weighted by molar-refractivity contribution is -0.109. The van der Waals surface area contributed by atoms with E-state index in [0.29, 0.717) is 13.0 Å². The van der Waals surface area contributed by atoms with Gasteiger partial charge < -0.3 is 16.8 Å². The Hall–Kier alpha value is -2.37. The second-order valence-electron chi connectivity index (χ2n) is 2.95.